The highest BCUT2D eigenvalue weighted by Crippen LogP contribution is 2.29. The van der Waals surface area contributed by atoms with Crippen LogP contribution in [0.1, 0.15) is 23.0 Å². The van der Waals surface area contributed by atoms with Gasteiger partial charge in [-0.3, -0.25) is 4.68 Å². The van der Waals surface area contributed by atoms with Gasteiger partial charge in [0.05, 0.1) is 15.9 Å². The van der Waals surface area contributed by atoms with E-state index in [1.165, 1.54) is 0 Å². The van der Waals surface area contributed by atoms with Gasteiger partial charge in [-0.15, -0.1) is 0 Å². The molecule has 1 aromatic carbocycles. The second kappa shape index (κ2) is 6.60. The Bertz CT molecular complexity index is 605. The maximum absolute atomic E-state index is 6.14. The van der Waals surface area contributed by atoms with E-state index >= 15 is 0 Å². The molecular weight excluding hydrogens is 405 g/mol. The molecule has 0 spiro atoms. The Hall–Kier alpha value is -0.360. The van der Waals surface area contributed by atoms with Gasteiger partial charge >= 0.3 is 0 Å². The molecule has 2 aromatic rings. The quantitative estimate of drug-likeness (QED) is 0.793. The average molecular weight is 422 g/mol. The molecule has 0 saturated carbocycles. The molecule has 20 heavy (non-hydrogen) atoms. The number of benzene rings is 1. The van der Waals surface area contributed by atoms with Crippen molar-refractivity contribution in [2.75, 3.05) is 7.05 Å². The van der Waals surface area contributed by atoms with E-state index in [1.54, 1.807) is 0 Å². The largest absolute Gasteiger partial charge is 0.313 e. The first kappa shape index (κ1) is 16.0. The Morgan fingerprint density at radius 2 is 2.05 bits per heavy atom. The summed E-state index contributed by atoms with van der Waals surface area (Å²) in [6, 6.07) is 6.15. The minimum atomic E-state index is 0.177. The molecule has 6 heteroatoms. The predicted molar refractivity (Wildman–Crippen MR) is 90.3 cm³/mol. The number of nitrogens with one attached hydrogen (secondary N) is 1. The summed E-state index contributed by atoms with van der Waals surface area (Å²) in [5, 5.41) is 8.51. The smallest absolute Gasteiger partial charge is 0.0738 e. The van der Waals surface area contributed by atoms with E-state index in [0.717, 1.165) is 37.3 Å². The van der Waals surface area contributed by atoms with E-state index in [-0.39, 0.29) is 6.04 Å². The Labute approximate surface area is 141 Å². The van der Waals surface area contributed by atoms with Crippen molar-refractivity contribution >= 4 is 43.5 Å². The summed E-state index contributed by atoms with van der Waals surface area (Å²) in [5.41, 5.74) is 3.32. The van der Waals surface area contributed by atoms with Crippen LogP contribution in [0.4, 0.5) is 0 Å². The Morgan fingerprint density at radius 1 is 1.35 bits per heavy atom. The molecule has 1 unspecified atom stereocenters. The van der Waals surface area contributed by atoms with Gasteiger partial charge in [0.25, 0.3) is 0 Å². The van der Waals surface area contributed by atoms with Gasteiger partial charge in [-0.2, -0.15) is 5.10 Å². The summed E-state index contributed by atoms with van der Waals surface area (Å²) in [5.74, 6) is 0. The predicted octanol–water partition coefficient (Wildman–Crippen LogP) is 4.41. The molecule has 0 radical (unpaired) electrons. The van der Waals surface area contributed by atoms with Gasteiger partial charge in [0.15, 0.2) is 0 Å². The van der Waals surface area contributed by atoms with Gasteiger partial charge in [0.2, 0.25) is 0 Å². The first-order chi connectivity index (χ1) is 9.42. The zero-order valence-corrected chi connectivity index (χ0v) is 15.5. The van der Waals surface area contributed by atoms with Gasteiger partial charge in [-0.1, -0.05) is 27.5 Å². The molecule has 0 aliphatic carbocycles. The Balaban J connectivity index is 2.33. The maximum Gasteiger partial charge on any atom is 0.0738 e. The third kappa shape index (κ3) is 3.45. The van der Waals surface area contributed by atoms with Gasteiger partial charge in [-0.25, -0.2) is 0 Å². The highest BCUT2D eigenvalue weighted by atomic mass is 79.9. The Kier molecular flexibility index (Phi) is 5.29. The maximum atomic E-state index is 6.14. The summed E-state index contributed by atoms with van der Waals surface area (Å²) in [6.07, 6.45) is 0.835. The zero-order valence-electron chi connectivity index (χ0n) is 11.5. The lowest BCUT2D eigenvalue weighted by Gasteiger charge is -2.18. The Morgan fingerprint density at radius 3 is 2.55 bits per heavy atom. The van der Waals surface area contributed by atoms with Crippen LogP contribution in [0.3, 0.4) is 0 Å². The van der Waals surface area contributed by atoms with E-state index in [0.29, 0.717) is 0 Å². The van der Waals surface area contributed by atoms with Crippen LogP contribution in [0.15, 0.2) is 27.1 Å². The van der Waals surface area contributed by atoms with Crippen molar-refractivity contribution in [1.82, 2.24) is 15.1 Å². The number of aryl methyl sites for hydroxylation is 2. The van der Waals surface area contributed by atoms with E-state index in [2.05, 4.69) is 48.3 Å². The highest BCUT2D eigenvalue weighted by molar-refractivity contribution is 9.10. The van der Waals surface area contributed by atoms with E-state index in [9.17, 15) is 0 Å². The number of hydrogen-bond donors (Lipinski definition) is 1. The number of aromatic nitrogens is 2. The molecular formula is C14H16Br2ClN3. The fourth-order valence-electron chi connectivity index (χ4n) is 2.26. The van der Waals surface area contributed by atoms with Crippen LogP contribution in [-0.2, 0) is 13.5 Å². The van der Waals surface area contributed by atoms with Gasteiger partial charge < -0.3 is 5.32 Å². The molecule has 0 bridgehead atoms. The van der Waals surface area contributed by atoms with Crippen molar-refractivity contribution < 1.29 is 0 Å². The van der Waals surface area contributed by atoms with Crippen LogP contribution in [0, 0.1) is 6.92 Å². The SMILES string of the molecule is CNC(Cc1c(Br)c(C)nn1C)c1cc(Cl)cc(Br)c1. The van der Waals surface area contributed by atoms with Gasteiger partial charge in [0.1, 0.15) is 0 Å². The molecule has 108 valence electrons. The average Bonchev–Trinajstić information content (AvgIpc) is 2.60. The topological polar surface area (TPSA) is 29.9 Å². The summed E-state index contributed by atoms with van der Waals surface area (Å²) < 4.78 is 3.98. The van der Waals surface area contributed by atoms with E-state index in [1.807, 2.05) is 37.8 Å². The van der Waals surface area contributed by atoms with Crippen molar-refractivity contribution in [1.29, 1.82) is 0 Å². The third-order valence-electron chi connectivity index (χ3n) is 3.29. The summed E-state index contributed by atoms with van der Waals surface area (Å²) in [6.45, 7) is 2.00. The van der Waals surface area contributed by atoms with Crippen LogP contribution in [0.5, 0.6) is 0 Å². The van der Waals surface area contributed by atoms with Gasteiger partial charge in [-0.05, 0) is 53.7 Å². The number of halogens is 3. The molecule has 1 aromatic heterocycles. The molecule has 1 heterocycles. The van der Waals surface area contributed by atoms with Gasteiger partial charge in [0, 0.05) is 29.0 Å². The number of rotatable bonds is 4. The van der Waals surface area contributed by atoms with Crippen molar-refractivity contribution in [3.8, 4) is 0 Å². The standard InChI is InChI=1S/C14H16Br2ClN3/c1-8-14(16)13(20(3)19-8)7-12(18-2)9-4-10(15)6-11(17)5-9/h4-6,12,18H,7H2,1-3H3. The van der Waals surface area contributed by atoms with Crippen molar-refractivity contribution in [3.63, 3.8) is 0 Å². The number of hydrogen-bond acceptors (Lipinski definition) is 2. The van der Waals surface area contributed by atoms with Crippen molar-refractivity contribution in [3.05, 3.63) is 49.1 Å². The van der Waals surface area contributed by atoms with E-state index in [4.69, 9.17) is 11.6 Å². The van der Waals surface area contributed by atoms with Crippen LogP contribution < -0.4 is 5.32 Å². The number of likely N-dealkylation sites (N-methyl/N-ethyl adjacent to an activating group) is 1. The molecule has 0 saturated heterocycles. The van der Waals surface area contributed by atoms with Crippen LogP contribution in [-0.4, -0.2) is 16.8 Å². The first-order valence-corrected chi connectivity index (χ1v) is 8.20. The van der Waals surface area contributed by atoms with Crippen LogP contribution >= 0.6 is 43.5 Å². The fourth-order valence-corrected chi connectivity index (χ4v) is 3.64. The van der Waals surface area contributed by atoms with E-state index < -0.39 is 0 Å². The lowest BCUT2D eigenvalue weighted by atomic mass is 10.0. The lowest BCUT2D eigenvalue weighted by molar-refractivity contribution is 0.560. The molecule has 3 nitrogen and oxygen atoms in total. The van der Waals surface area contributed by atoms with Crippen molar-refractivity contribution in [2.45, 2.75) is 19.4 Å². The third-order valence-corrected chi connectivity index (χ3v) is 5.00. The molecule has 0 amide bonds. The lowest BCUT2D eigenvalue weighted by Crippen LogP contribution is -2.20. The molecule has 1 N–H and O–H groups in total. The number of nitrogens with zero attached hydrogens (tertiary/aromatic N) is 2. The van der Waals surface area contributed by atoms with Crippen molar-refractivity contribution in [2.24, 2.45) is 7.05 Å². The second-order valence-corrected chi connectivity index (χ2v) is 6.86. The first-order valence-electron chi connectivity index (χ1n) is 6.23. The summed E-state index contributed by atoms with van der Waals surface area (Å²) >= 11 is 13.2. The second-order valence-electron chi connectivity index (χ2n) is 4.72. The molecule has 0 fully saturated rings. The van der Waals surface area contributed by atoms with Crippen LogP contribution in [0.2, 0.25) is 5.02 Å². The monoisotopic (exact) mass is 419 g/mol. The minimum absolute atomic E-state index is 0.177. The fraction of sp³-hybridized carbons (Fsp3) is 0.357. The highest BCUT2D eigenvalue weighted by Gasteiger charge is 2.17. The molecule has 1 atom stereocenters. The molecule has 2 rings (SSSR count). The zero-order chi connectivity index (χ0) is 14.9. The summed E-state index contributed by atoms with van der Waals surface area (Å²) in [4.78, 5) is 0. The normalized spacial score (nSPS) is 12.7. The minimum Gasteiger partial charge on any atom is -0.313 e. The molecule has 0 aliphatic heterocycles. The summed E-state index contributed by atoms with van der Waals surface area (Å²) in [7, 11) is 3.92. The molecule has 0 aliphatic rings. The van der Waals surface area contributed by atoms with Crippen LogP contribution in [0.25, 0.3) is 0 Å².